The molecule has 0 aliphatic heterocycles. The van der Waals surface area contributed by atoms with Crippen LogP contribution in [-0.2, 0) is 18.4 Å². The van der Waals surface area contributed by atoms with Crippen LogP contribution in [0.2, 0.25) is 0 Å². The number of allylic oxidation sites excluding steroid dienone is 6. The number of amides is 1. The Morgan fingerprint density at radius 1 is 0.947 bits per heavy atom. The van der Waals surface area contributed by atoms with Gasteiger partial charge in [0.25, 0.3) is 7.82 Å². The number of phosphoric acid groups is 1. The van der Waals surface area contributed by atoms with Crippen LogP contribution in [0.4, 0.5) is 0 Å². The van der Waals surface area contributed by atoms with E-state index in [4.69, 9.17) is 9.05 Å². The maximum absolute atomic E-state index is 12.5. The van der Waals surface area contributed by atoms with Crippen LogP contribution in [0.1, 0.15) is 90.9 Å². The molecule has 3 atom stereocenters. The summed E-state index contributed by atoms with van der Waals surface area (Å²) in [5.41, 5.74) is 0. The molecule has 0 aliphatic carbocycles. The average Bonchev–Trinajstić information content (AvgIpc) is 2.83. The zero-order valence-corrected chi connectivity index (χ0v) is 25.5. The molecule has 0 saturated carbocycles. The van der Waals surface area contributed by atoms with E-state index in [0.29, 0.717) is 23.9 Å². The predicted octanol–water partition coefficient (Wildman–Crippen LogP) is 5.43. The van der Waals surface area contributed by atoms with E-state index in [2.05, 4.69) is 55.6 Å². The van der Waals surface area contributed by atoms with Gasteiger partial charge in [0.2, 0.25) is 5.91 Å². The van der Waals surface area contributed by atoms with E-state index >= 15 is 0 Å². The molecule has 0 fully saturated rings. The molecule has 222 valence electrons. The Hall–Kier alpha value is -1.28. The SMILES string of the molecule is CC/C=C\C/C=C\C/C=C\CCCCCC(=O)NC(COP(=O)([O-])OCC[N+](C)(C)C)C(O)CCCCC. The van der Waals surface area contributed by atoms with Gasteiger partial charge in [0.05, 0.1) is 39.9 Å². The largest absolute Gasteiger partial charge is 0.756 e. The minimum absolute atomic E-state index is 0.00287. The molecule has 0 aromatic heterocycles. The molecule has 0 aromatic rings. The molecule has 0 heterocycles. The number of aliphatic hydroxyl groups excluding tert-OH is 1. The number of aliphatic hydroxyl groups is 1. The number of quaternary nitrogens is 1. The number of rotatable bonds is 24. The van der Waals surface area contributed by atoms with Crippen molar-refractivity contribution in [3.05, 3.63) is 36.5 Å². The van der Waals surface area contributed by atoms with E-state index < -0.39 is 20.0 Å². The fourth-order valence-electron chi connectivity index (χ4n) is 3.52. The van der Waals surface area contributed by atoms with Crippen molar-refractivity contribution in [2.45, 2.75) is 103 Å². The first-order valence-corrected chi connectivity index (χ1v) is 15.8. The van der Waals surface area contributed by atoms with Crippen molar-refractivity contribution < 1.29 is 32.9 Å². The minimum atomic E-state index is -4.53. The molecule has 2 N–H and O–H groups in total. The number of nitrogens with zero attached hydrogens (tertiary/aromatic N) is 1. The zero-order valence-electron chi connectivity index (χ0n) is 24.6. The minimum Gasteiger partial charge on any atom is -0.756 e. The average molecular weight is 559 g/mol. The Balaban J connectivity index is 4.44. The van der Waals surface area contributed by atoms with E-state index in [1.807, 2.05) is 21.1 Å². The van der Waals surface area contributed by atoms with E-state index in [1.54, 1.807) is 0 Å². The number of hydrogen-bond acceptors (Lipinski definition) is 6. The summed E-state index contributed by atoms with van der Waals surface area (Å²) in [5.74, 6) is -0.211. The number of phosphoric ester groups is 1. The third-order valence-electron chi connectivity index (χ3n) is 5.89. The van der Waals surface area contributed by atoms with Gasteiger partial charge < -0.3 is 28.8 Å². The van der Waals surface area contributed by atoms with Crippen LogP contribution >= 0.6 is 7.82 Å². The first kappa shape index (κ1) is 36.7. The van der Waals surface area contributed by atoms with Crippen molar-refractivity contribution >= 4 is 13.7 Å². The van der Waals surface area contributed by atoms with Crippen molar-refractivity contribution in [2.75, 3.05) is 40.9 Å². The van der Waals surface area contributed by atoms with Crippen LogP contribution in [-0.4, -0.2) is 68.5 Å². The zero-order chi connectivity index (χ0) is 28.7. The summed E-state index contributed by atoms with van der Waals surface area (Å²) in [4.78, 5) is 24.7. The molecule has 0 spiro atoms. The lowest BCUT2D eigenvalue weighted by atomic mass is 10.0. The van der Waals surface area contributed by atoms with E-state index in [-0.39, 0.29) is 19.1 Å². The second-order valence-corrected chi connectivity index (χ2v) is 12.1. The molecular weight excluding hydrogens is 503 g/mol. The molecule has 0 radical (unpaired) electrons. The van der Waals surface area contributed by atoms with Crippen LogP contribution in [0.3, 0.4) is 0 Å². The van der Waals surface area contributed by atoms with E-state index in [0.717, 1.165) is 64.2 Å². The predicted molar refractivity (Wildman–Crippen MR) is 155 cm³/mol. The molecule has 3 unspecified atom stereocenters. The van der Waals surface area contributed by atoms with Gasteiger partial charge in [-0.05, 0) is 44.9 Å². The monoisotopic (exact) mass is 558 g/mol. The lowest BCUT2D eigenvalue weighted by Crippen LogP contribution is -2.46. The summed E-state index contributed by atoms with van der Waals surface area (Å²) in [6, 6.07) is -0.808. The number of unbranched alkanes of at least 4 members (excludes halogenated alkanes) is 5. The molecule has 1 amide bonds. The van der Waals surface area contributed by atoms with Crippen molar-refractivity contribution in [2.24, 2.45) is 0 Å². The molecule has 9 heteroatoms. The molecule has 0 aromatic carbocycles. The van der Waals surface area contributed by atoms with Gasteiger partial charge in [0.15, 0.2) is 0 Å². The van der Waals surface area contributed by atoms with Crippen LogP contribution in [0.15, 0.2) is 36.5 Å². The van der Waals surface area contributed by atoms with Gasteiger partial charge in [-0.3, -0.25) is 9.36 Å². The number of hydrogen-bond donors (Lipinski definition) is 2. The van der Waals surface area contributed by atoms with Gasteiger partial charge in [0, 0.05) is 6.42 Å². The van der Waals surface area contributed by atoms with Crippen molar-refractivity contribution in [1.82, 2.24) is 5.32 Å². The highest BCUT2D eigenvalue weighted by atomic mass is 31.2. The van der Waals surface area contributed by atoms with Crippen LogP contribution in [0.25, 0.3) is 0 Å². The van der Waals surface area contributed by atoms with Gasteiger partial charge in [-0.2, -0.15) is 0 Å². The number of nitrogens with one attached hydrogen (secondary N) is 1. The number of likely N-dealkylation sites (N-methyl/N-ethyl adjacent to an activating group) is 1. The standard InChI is InChI=1S/C29H55N2O6P/c1-6-8-10-11-12-13-14-15-16-17-18-19-21-23-29(33)30-27(28(32)22-20-9-7-2)26-37-38(34,35)36-25-24-31(3,4)5/h8,10,12-13,15-16,27-28,32H,6-7,9,11,14,17-26H2,1-5H3,(H-,30,33,34,35)/b10-8-,13-12-,16-15-. The highest BCUT2D eigenvalue weighted by Crippen LogP contribution is 2.38. The van der Waals surface area contributed by atoms with Crippen LogP contribution in [0.5, 0.6) is 0 Å². The second kappa shape index (κ2) is 22.5. The Bertz CT molecular complexity index is 733. The Kier molecular flexibility index (Phi) is 21.8. The van der Waals surface area contributed by atoms with Crippen molar-refractivity contribution in [3.8, 4) is 0 Å². The van der Waals surface area contributed by atoms with E-state index in [9.17, 15) is 19.4 Å². The Morgan fingerprint density at radius 3 is 2.24 bits per heavy atom. The first-order chi connectivity index (χ1) is 18.0. The second-order valence-electron chi connectivity index (χ2n) is 10.7. The third-order valence-corrected chi connectivity index (χ3v) is 6.86. The van der Waals surface area contributed by atoms with Gasteiger partial charge in [0.1, 0.15) is 13.2 Å². The molecule has 0 rings (SSSR count). The fourth-order valence-corrected chi connectivity index (χ4v) is 4.24. The summed E-state index contributed by atoms with van der Waals surface area (Å²) in [6.07, 6.45) is 22.3. The maximum Gasteiger partial charge on any atom is 0.268 e. The number of carbonyl (C=O) groups is 1. The molecule has 8 nitrogen and oxygen atoms in total. The highest BCUT2D eigenvalue weighted by molar-refractivity contribution is 7.45. The van der Waals surface area contributed by atoms with Crippen LogP contribution in [0, 0.1) is 0 Å². The first-order valence-electron chi connectivity index (χ1n) is 14.3. The third kappa shape index (κ3) is 23.8. The Labute approximate surface area is 232 Å². The summed E-state index contributed by atoms with van der Waals surface area (Å²) >= 11 is 0. The number of carbonyl (C=O) groups excluding carboxylic acids is 1. The fraction of sp³-hybridized carbons (Fsp3) is 0.759. The molecule has 38 heavy (non-hydrogen) atoms. The van der Waals surface area contributed by atoms with Crippen LogP contribution < -0.4 is 10.2 Å². The van der Waals surface area contributed by atoms with Gasteiger partial charge in [-0.1, -0.05) is 76.0 Å². The Morgan fingerprint density at radius 2 is 1.61 bits per heavy atom. The summed E-state index contributed by atoms with van der Waals surface area (Å²) in [7, 11) is 1.26. The lowest BCUT2D eigenvalue weighted by Gasteiger charge is -2.30. The summed E-state index contributed by atoms with van der Waals surface area (Å²) in [6.45, 7) is 4.35. The molecule has 0 bridgehead atoms. The highest BCUT2D eigenvalue weighted by Gasteiger charge is 2.24. The lowest BCUT2D eigenvalue weighted by molar-refractivity contribution is -0.870. The molecular formula is C29H55N2O6P. The topological polar surface area (TPSA) is 108 Å². The summed E-state index contributed by atoms with van der Waals surface area (Å²) < 4.78 is 22.7. The maximum atomic E-state index is 12.5. The van der Waals surface area contributed by atoms with E-state index in [1.165, 1.54) is 0 Å². The van der Waals surface area contributed by atoms with Crippen molar-refractivity contribution in [3.63, 3.8) is 0 Å². The molecule has 0 saturated heterocycles. The normalized spacial score (nSPS) is 15.9. The van der Waals surface area contributed by atoms with Gasteiger partial charge >= 0.3 is 0 Å². The van der Waals surface area contributed by atoms with Gasteiger partial charge in [-0.25, -0.2) is 0 Å². The summed E-state index contributed by atoms with van der Waals surface area (Å²) in [5, 5.41) is 13.4. The van der Waals surface area contributed by atoms with Gasteiger partial charge in [-0.15, -0.1) is 0 Å². The molecule has 0 aliphatic rings. The van der Waals surface area contributed by atoms with Crippen molar-refractivity contribution in [1.29, 1.82) is 0 Å². The quantitative estimate of drug-likeness (QED) is 0.0708. The smallest absolute Gasteiger partial charge is 0.268 e.